The highest BCUT2D eigenvalue weighted by Crippen LogP contribution is 1.99. The van der Waals surface area contributed by atoms with Gasteiger partial charge in [0.05, 0.1) is 0 Å². The van der Waals surface area contributed by atoms with Crippen LogP contribution in [0.3, 0.4) is 0 Å². The lowest BCUT2D eigenvalue weighted by atomic mass is 10.2. The maximum atomic E-state index is 9.89. The topological polar surface area (TPSA) is 37.3 Å². The number of aldehydes is 1. The van der Waals surface area contributed by atoms with Crippen LogP contribution in [0.25, 0.3) is 6.08 Å². The average molecular weight is 192 g/mol. The fraction of sp³-hybridized carbons (Fsp3) is 0.250. The Bertz CT molecular complexity index is 260. The minimum Gasteiger partial charge on any atom is -0.394 e. The molecule has 0 radical (unpaired) electrons. The molecule has 0 heterocycles. The molecule has 0 saturated carbocycles. The summed E-state index contributed by atoms with van der Waals surface area (Å²) in [5.74, 6) is 0. The van der Waals surface area contributed by atoms with E-state index in [1.165, 1.54) is 6.08 Å². The highest BCUT2D eigenvalue weighted by molar-refractivity contribution is 5.73. The number of aliphatic hydroxyl groups is 1. The Morgan fingerprint density at radius 3 is 2.14 bits per heavy atom. The van der Waals surface area contributed by atoms with Crippen LogP contribution in [0, 0.1) is 0 Å². The van der Waals surface area contributed by atoms with Gasteiger partial charge in [-0.05, 0) is 25.5 Å². The zero-order valence-corrected chi connectivity index (χ0v) is 8.55. The van der Waals surface area contributed by atoms with Crippen LogP contribution in [0.4, 0.5) is 0 Å². The van der Waals surface area contributed by atoms with Gasteiger partial charge in [-0.2, -0.15) is 0 Å². The summed E-state index contributed by atoms with van der Waals surface area (Å²) in [5, 5.41) is 8.06. The fourth-order valence-electron chi connectivity index (χ4n) is 0.715. The van der Waals surface area contributed by atoms with E-state index >= 15 is 0 Å². The second kappa shape index (κ2) is 8.20. The number of hydrogen-bond acceptors (Lipinski definition) is 2. The van der Waals surface area contributed by atoms with Gasteiger partial charge in [-0.25, -0.2) is 0 Å². The van der Waals surface area contributed by atoms with E-state index < -0.39 is 0 Å². The van der Waals surface area contributed by atoms with Crippen LogP contribution in [0.5, 0.6) is 0 Å². The number of carbonyl (C=O) groups is 1. The molecule has 14 heavy (non-hydrogen) atoms. The Morgan fingerprint density at radius 2 is 1.71 bits per heavy atom. The molecule has 0 fully saturated rings. The Labute approximate surface area is 84.9 Å². The maximum absolute atomic E-state index is 9.89. The quantitative estimate of drug-likeness (QED) is 0.576. The standard InChI is InChI=1S/C9H8O.C3H8O/c10-8-4-7-9-5-2-1-3-6-9;1-3(2)4/h1-8H;3-4H,1-2H3/b7-4+;. The molecule has 0 aliphatic heterocycles. The van der Waals surface area contributed by atoms with Gasteiger partial charge in [0.25, 0.3) is 0 Å². The smallest absolute Gasteiger partial charge is 0.142 e. The first kappa shape index (κ1) is 12.6. The molecule has 1 aromatic carbocycles. The van der Waals surface area contributed by atoms with Crippen molar-refractivity contribution in [2.24, 2.45) is 0 Å². The third-order valence-corrected chi connectivity index (χ3v) is 1.17. The largest absolute Gasteiger partial charge is 0.394 e. The summed E-state index contributed by atoms with van der Waals surface area (Å²) in [6.07, 6.45) is 3.86. The van der Waals surface area contributed by atoms with Gasteiger partial charge in [0.1, 0.15) is 6.29 Å². The third kappa shape index (κ3) is 8.68. The number of rotatable bonds is 2. The fourth-order valence-corrected chi connectivity index (χ4v) is 0.715. The molecule has 0 unspecified atom stereocenters. The number of hydrogen-bond donors (Lipinski definition) is 1. The highest BCUT2D eigenvalue weighted by Gasteiger charge is 1.79. The van der Waals surface area contributed by atoms with Gasteiger partial charge in [0.15, 0.2) is 0 Å². The van der Waals surface area contributed by atoms with Crippen LogP contribution in [0.2, 0.25) is 0 Å². The molecule has 2 heteroatoms. The lowest BCUT2D eigenvalue weighted by Crippen LogP contribution is -1.85. The first-order valence-corrected chi connectivity index (χ1v) is 4.51. The van der Waals surface area contributed by atoms with E-state index in [2.05, 4.69) is 0 Å². The van der Waals surface area contributed by atoms with E-state index in [9.17, 15) is 4.79 Å². The van der Waals surface area contributed by atoms with Crippen molar-refractivity contribution in [3.8, 4) is 0 Å². The average Bonchev–Trinajstić information content (AvgIpc) is 2.15. The molecule has 1 aromatic rings. The summed E-state index contributed by atoms with van der Waals surface area (Å²) in [6, 6.07) is 9.70. The lowest BCUT2D eigenvalue weighted by Gasteiger charge is -1.86. The lowest BCUT2D eigenvalue weighted by molar-refractivity contribution is -0.104. The van der Waals surface area contributed by atoms with Gasteiger partial charge in [-0.3, -0.25) is 4.79 Å². The van der Waals surface area contributed by atoms with E-state index in [0.29, 0.717) is 0 Å². The Kier molecular flexibility index (Phi) is 7.37. The second-order valence-corrected chi connectivity index (χ2v) is 3.00. The summed E-state index contributed by atoms with van der Waals surface area (Å²) in [6.45, 7) is 3.44. The van der Waals surface area contributed by atoms with Crippen LogP contribution >= 0.6 is 0 Å². The molecule has 0 spiro atoms. The van der Waals surface area contributed by atoms with Crippen molar-refractivity contribution in [2.45, 2.75) is 20.0 Å². The molecular formula is C12H16O2. The number of allylic oxidation sites excluding steroid dienone is 1. The predicted octanol–water partition coefficient (Wildman–Crippen LogP) is 2.29. The van der Waals surface area contributed by atoms with Crippen LogP contribution in [-0.4, -0.2) is 17.5 Å². The van der Waals surface area contributed by atoms with Crippen molar-refractivity contribution in [3.63, 3.8) is 0 Å². The molecule has 0 aliphatic carbocycles. The SMILES string of the molecule is CC(C)O.O=C/C=C/c1ccccc1. The molecule has 0 aliphatic rings. The van der Waals surface area contributed by atoms with Crippen LogP contribution in [0.1, 0.15) is 19.4 Å². The Morgan fingerprint density at radius 1 is 1.21 bits per heavy atom. The maximum Gasteiger partial charge on any atom is 0.142 e. The van der Waals surface area contributed by atoms with Gasteiger partial charge in [-0.15, -0.1) is 0 Å². The van der Waals surface area contributed by atoms with E-state index in [-0.39, 0.29) is 6.10 Å². The van der Waals surface area contributed by atoms with Crippen molar-refractivity contribution in [2.75, 3.05) is 0 Å². The third-order valence-electron chi connectivity index (χ3n) is 1.17. The van der Waals surface area contributed by atoms with Crippen molar-refractivity contribution >= 4 is 12.4 Å². The second-order valence-electron chi connectivity index (χ2n) is 3.00. The predicted molar refractivity (Wildman–Crippen MR) is 58.9 cm³/mol. The van der Waals surface area contributed by atoms with Gasteiger partial charge in [0.2, 0.25) is 0 Å². The minimum atomic E-state index is -0.167. The molecule has 0 atom stereocenters. The molecular weight excluding hydrogens is 176 g/mol. The molecule has 0 saturated heterocycles. The van der Waals surface area contributed by atoms with Crippen molar-refractivity contribution in [1.82, 2.24) is 0 Å². The van der Waals surface area contributed by atoms with Gasteiger partial charge in [0, 0.05) is 6.10 Å². The number of carbonyl (C=O) groups excluding carboxylic acids is 1. The van der Waals surface area contributed by atoms with Gasteiger partial charge >= 0.3 is 0 Å². The zero-order valence-electron chi connectivity index (χ0n) is 8.55. The molecule has 2 nitrogen and oxygen atoms in total. The molecule has 1 rings (SSSR count). The Balaban J connectivity index is 0.000000364. The number of benzene rings is 1. The zero-order chi connectivity index (χ0) is 10.8. The first-order chi connectivity index (χ1) is 6.66. The Hall–Kier alpha value is -1.41. The molecule has 76 valence electrons. The van der Waals surface area contributed by atoms with Gasteiger partial charge < -0.3 is 5.11 Å². The van der Waals surface area contributed by atoms with E-state index in [4.69, 9.17) is 5.11 Å². The van der Waals surface area contributed by atoms with Crippen molar-refractivity contribution < 1.29 is 9.90 Å². The normalized spacial score (nSPS) is 9.71. The van der Waals surface area contributed by atoms with Crippen LogP contribution in [-0.2, 0) is 4.79 Å². The molecule has 1 N–H and O–H groups in total. The molecule has 0 aromatic heterocycles. The summed E-state index contributed by atoms with van der Waals surface area (Å²) >= 11 is 0. The summed E-state index contributed by atoms with van der Waals surface area (Å²) in [7, 11) is 0. The molecule has 0 bridgehead atoms. The van der Waals surface area contributed by atoms with Gasteiger partial charge in [-0.1, -0.05) is 36.4 Å². The van der Waals surface area contributed by atoms with Crippen LogP contribution < -0.4 is 0 Å². The number of aliphatic hydroxyl groups excluding tert-OH is 1. The summed E-state index contributed by atoms with van der Waals surface area (Å²) < 4.78 is 0. The first-order valence-electron chi connectivity index (χ1n) is 4.51. The van der Waals surface area contributed by atoms with Crippen LogP contribution in [0.15, 0.2) is 36.4 Å². The molecule has 0 amide bonds. The highest BCUT2D eigenvalue weighted by atomic mass is 16.3. The monoisotopic (exact) mass is 192 g/mol. The summed E-state index contributed by atoms with van der Waals surface area (Å²) in [4.78, 5) is 9.89. The van der Waals surface area contributed by atoms with Crippen molar-refractivity contribution in [1.29, 1.82) is 0 Å². The minimum absolute atomic E-state index is 0.167. The van der Waals surface area contributed by atoms with E-state index in [1.54, 1.807) is 19.9 Å². The van der Waals surface area contributed by atoms with E-state index in [0.717, 1.165) is 11.8 Å². The van der Waals surface area contributed by atoms with E-state index in [1.807, 2.05) is 30.3 Å². The summed E-state index contributed by atoms with van der Waals surface area (Å²) in [5.41, 5.74) is 1.05. The van der Waals surface area contributed by atoms with Crippen molar-refractivity contribution in [3.05, 3.63) is 42.0 Å².